The highest BCUT2D eigenvalue weighted by Crippen LogP contribution is 2.46. The van der Waals surface area contributed by atoms with Crippen molar-refractivity contribution in [3.8, 4) is 0 Å². The third kappa shape index (κ3) is 4.45. The van der Waals surface area contributed by atoms with Crippen LogP contribution in [-0.2, 0) is 10.2 Å². The molecule has 0 spiro atoms. The lowest BCUT2D eigenvalue weighted by Crippen LogP contribution is -2.54. The Morgan fingerprint density at radius 1 is 1.32 bits per heavy atom. The quantitative estimate of drug-likeness (QED) is 0.675. The van der Waals surface area contributed by atoms with Gasteiger partial charge in [-0.2, -0.15) is 0 Å². The van der Waals surface area contributed by atoms with Crippen molar-refractivity contribution in [2.24, 2.45) is 0 Å². The lowest BCUT2D eigenvalue weighted by atomic mass is 9.64. The molecule has 150 valence electrons. The van der Waals surface area contributed by atoms with E-state index in [0.29, 0.717) is 4.60 Å². The van der Waals surface area contributed by atoms with Crippen molar-refractivity contribution in [1.29, 1.82) is 0 Å². The molecule has 0 atom stereocenters. The number of pyridine rings is 1. The molecule has 3 rings (SSSR count). The Kier molecular flexibility index (Phi) is 5.65. The average Bonchev–Trinajstić information content (AvgIpc) is 2.57. The van der Waals surface area contributed by atoms with E-state index >= 15 is 0 Å². The fourth-order valence-corrected chi connectivity index (χ4v) is 3.48. The fraction of sp³-hybridized carbons (Fsp3) is 0.474. The Morgan fingerprint density at radius 2 is 2.04 bits per heavy atom. The van der Waals surface area contributed by atoms with Gasteiger partial charge in [-0.3, -0.25) is 9.88 Å². The number of carbonyl (C=O) groups excluding carboxylic acids is 1. The van der Waals surface area contributed by atoms with Gasteiger partial charge in [0.1, 0.15) is 22.2 Å². The maximum Gasteiger partial charge on any atom is 0.416 e. The number of hydrogen-bond donors (Lipinski definition) is 0. The Morgan fingerprint density at radius 3 is 2.57 bits per heavy atom. The van der Waals surface area contributed by atoms with E-state index in [-0.39, 0.29) is 30.9 Å². The number of anilines is 1. The van der Waals surface area contributed by atoms with Crippen LogP contribution in [0.3, 0.4) is 0 Å². The molecule has 0 unspecified atom stereocenters. The van der Waals surface area contributed by atoms with Gasteiger partial charge in [-0.15, -0.1) is 10.2 Å². The molecule has 9 heteroatoms. The summed E-state index contributed by atoms with van der Waals surface area (Å²) in [6.45, 7) is 5.20. The normalized spacial score (nSPS) is 21.7. The minimum absolute atomic E-state index is 0.0213. The van der Waals surface area contributed by atoms with Crippen LogP contribution in [0.15, 0.2) is 35.1 Å². The summed E-state index contributed by atoms with van der Waals surface area (Å²) in [4.78, 5) is 18.3. The second-order valence-corrected chi connectivity index (χ2v) is 8.71. The molecule has 6 nitrogen and oxygen atoms in total. The zero-order valence-corrected chi connectivity index (χ0v) is 17.4. The van der Waals surface area contributed by atoms with E-state index < -0.39 is 29.1 Å². The molecule has 0 N–H and O–H groups in total. The number of halogens is 3. The Bertz CT molecular complexity index is 852. The Balaban J connectivity index is 1.98. The smallest absolute Gasteiger partial charge is 0.416 e. The van der Waals surface area contributed by atoms with Crippen molar-refractivity contribution in [1.82, 2.24) is 15.2 Å². The molecule has 1 fully saturated rings. The summed E-state index contributed by atoms with van der Waals surface area (Å²) >= 11 is 3.20. The predicted molar refractivity (Wildman–Crippen MR) is 103 cm³/mol. The second kappa shape index (κ2) is 7.69. The van der Waals surface area contributed by atoms with Gasteiger partial charge in [0.2, 0.25) is 0 Å². The van der Waals surface area contributed by atoms with Gasteiger partial charge in [-0.05, 0) is 73.8 Å². The van der Waals surface area contributed by atoms with Crippen LogP contribution in [-0.4, -0.2) is 39.6 Å². The third-order valence-electron chi connectivity index (χ3n) is 4.45. The maximum absolute atomic E-state index is 14.5. The van der Waals surface area contributed by atoms with Gasteiger partial charge in [-0.1, -0.05) is 0 Å². The van der Waals surface area contributed by atoms with Gasteiger partial charge in [0, 0.05) is 18.2 Å². The van der Waals surface area contributed by atoms with E-state index in [1.807, 2.05) is 0 Å². The highest BCUT2D eigenvalue weighted by Gasteiger charge is 2.51. The third-order valence-corrected chi connectivity index (χ3v) is 4.88. The molecule has 2 aromatic heterocycles. The van der Waals surface area contributed by atoms with Crippen LogP contribution in [0.4, 0.5) is 19.4 Å². The van der Waals surface area contributed by atoms with Crippen molar-refractivity contribution in [3.05, 3.63) is 46.6 Å². The summed E-state index contributed by atoms with van der Waals surface area (Å²) in [5.74, 6) is -0.295. The standard InChI is InChI=1S/C19H21BrF2N4O2/c1-18(2,3)28-17(27)26(15-7-6-14(20)24-25-15)11-19(9-12(21)10-19)16-13(22)5-4-8-23-16/h4-8,12H,9-11H2,1-3H3/t12-,19-. The first-order valence-corrected chi connectivity index (χ1v) is 9.64. The summed E-state index contributed by atoms with van der Waals surface area (Å²) in [6, 6.07) is 5.98. The van der Waals surface area contributed by atoms with Crippen molar-refractivity contribution in [2.45, 2.75) is 50.8 Å². The van der Waals surface area contributed by atoms with E-state index in [2.05, 4.69) is 31.1 Å². The average molecular weight is 455 g/mol. The van der Waals surface area contributed by atoms with Crippen molar-refractivity contribution >= 4 is 27.8 Å². The molecule has 0 saturated heterocycles. The molecule has 2 aromatic rings. The van der Waals surface area contributed by atoms with Crippen LogP contribution in [0, 0.1) is 5.82 Å². The number of alkyl halides is 1. The molecule has 1 aliphatic carbocycles. The molecule has 1 amide bonds. The van der Waals surface area contributed by atoms with E-state index in [4.69, 9.17) is 4.74 Å². The summed E-state index contributed by atoms with van der Waals surface area (Å²) in [5, 5.41) is 7.94. The molecular formula is C19H21BrF2N4O2. The molecule has 0 aromatic carbocycles. The van der Waals surface area contributed by atoms with E-state index in [9.17, 15) is 13.6 Å². The second-order valence-electron chi connectivity index (χ2n) is 7.90. The highest BCUT2D eigenvalue weighted by atomic mass is 79.9. The van der Waals surface area contributed by atoms with Crippen LogP contribution in [0.1, 0.15) is 39.3 Å². The number of hydrogen-bond acceptors (Lipinski definition) is 5. The Hall–Kier alpha value is -2.16. The molecule has 1 saturated carbocycles. The number of rotatable bonds is 4. The number of amides is 1. The molecule has 1 aliphatic rings. The summed E-state index contributed by atoms with van der Waals surface area (Å²) in [5.41, 5.74) is -1.57. The monoisotopic (exact) mass is 454 g/mol. The van der Waals surface area contributed by atoms with Gasteiger partial charge >= 0.3 is 6.09 Å². The van der Waals surface area contributed by atoms with Crippen LogP contribution < -0.4 is 4.90 Å². The molecule has 0 bridgehead atoms. The number of nitrogens with zero attached hydrogens (tertiary/aromatic N) is 4. The lowest BCUT2D eigenvalue weighted by Gasteiger charge is -2.46. The zero-order valence-electron chi connectivity index (χ0n) is 15.8. The van der Waals surface area contributed by atoms with Crippen LogP contribution >= 0.6 is 15.9 Å². The number of ether oxygens (including phenoxy) is 1. The van der Waals surface area contributed by atoms with Crippen molar-refractivity contribution in [3.63, 3.8) is 0 Å². The van der Waals surface area contributed by atoms with E-state index in [0.717, 1.165) is 0 Å². The molecule has 0 radical (unpaired) electrons. The first-order chi connectivity index (χ1) is 13.1. The van der Waals surface area contributed by atoms with Crippen LogP contribution in [0.2, 0.25) is 0 Å². The number of aromatic nitrogens is 3. The van der Waals surface area contributed by atoms with Gasteiger partial charge in [0.25, 0.3) is 0 Å². The predicted octanol–water partition coefficient (Wildman–Crippen LogP) is 4.58. The minimum Gasteiger partial charge on any atom is -0.443 e. The molecular weight excluding hydrogens is 434 g/mol. The van der Waals surface area contributed by atoms with Crippen LogP contribution in [0.25, 0.3) is 0 Å². The number of carbonyl (C=O) groups is 1. The van der Waals surface area contributed by atoms with Crippen molar-refractivity contribution < 1.29 is 18.3 Å². The zero-order chi connectivity index (χ0) is 20.5. The molecule has 0 aliphatic heterocycles. The van der Waals surface area contributed by atoms with Gasteiger partial charge in [0.15, 0.2) is 5.82 Å². The lowest BCUT2D eigenvalue weighted by molar-refractivity contribution is 0.0507. The topological polar surface area (TPSA) is 68.2 Å². The Labute approximate surface area is 170 Å². The summed E-state index contributed by atoms with van der Waals surface area (Å²) in [6.07, 6.45) is -0.169. The first-order valence-electron chi connectivity index (χ1n) is 8.84. The fourth-order valence-electron chi connectivity index (χ4n) is 3.27. The maximum atomic E-state index is 14.5. The van der Waals surface area contributed by atoms with Gasteiger partial charge in [-0.25, -0.2) is 13.6 Å². The SMILES string of the molecule is CC(C)(C)OC(=O)N(C[C@]1(c2ncccc2F)C[C@H](F)C1)c1ccc(Br)nn1. The summed E-state index contributed by atoms with van der Waals surface area (Å²) < 4.78 is 34.3. The van der Waals surface area contributed by atoms with Crippen LogP contribution in [0.5, 0.6) is 0 Å². The first kappa shape index (κ1) is 20.6. The van der Waals surface area contributed by atoms with E-state index in [1.54, 1.807) is 32.9 Å². The van der Waals surface area contributed by atoms with E-state index in [1.165, 1.54) is 23.2 Å². The molecule has 28 heavy (non-hydrogen) atoms. The van der Waals surface area contributed by atoms with Gasteiger partial charge in [0.05, 0.1) is 5.69 Å². The minimum atomic E-state index is -1.09. The summed E-state index contributed by atoms with van der Waals surface area (Å²) in [7, 11) is 0. The largest absolute Gasteiger partial charge is 0.443 e. The van der Waals surface area contributed by atoms with Crippen molar-refractivity contribution in [2.75, 3.05) is 11.4 Å². The highest BCUT2D eigenvalue weighted by molar-refractivity contribution is 9.10. The molecule has 2 heterocycles. The van der Waals surface area contributed by atoms with Gasteiger partial charge < -0.3 is 4.74 Å².